The van der Waals surface area contributed by atoms with Gasteiger partial charge in [0.1, 0.15) is 11.9 Å². The second-order valence-corrected chi connectivity index (χ2v) is 4.48. The first kappa shape index (κ1) is 14.0. The van der Waals surface area contributed by atoms with Gasteiger partial charge in [-0.15, -0.1) is 0 Å². The monoisotopic (exact) mass is 237 g/mol. The van der Waals surface area contributed by atoms with Crippen molar-refractivity contribution in [3.63, 3.8) is 0 Å². The summed E-state index contributed by atoms with van der Waals surface area (Å²) in [4.78, 5) is 0. The molecule has 0 spiro atoms. The fourth-order valence-corrected chi connectivity index (χ4v) is 1.67. The van der Waals surface area contributed by atoms with E-state index in [1.165, 1.54) is 5.56 Å². The second-order valence-electron chi connectivity index (χ2n) is 4.48. The van der Waals surface area contributed by atoms with E-state index >= 15 is 0 Å². The van der Waals surface area contributed by atoms with Crippen LogP contribution in [-0.4, -0.2) is 33.4 Å². The van der Waals surface area contributed by atoms with Crippen LogP contribution in [0, 0.1) is 0 Å². The van der Waals surface area contributed by atoms with E-state index < -0.39 is 0 Å². The van der Waals surface area contributed by atoms with Crippen molar-refractivity contribution in [1.82, 2.24) is 5.32 Å². The van der Waals surface area contributed by atoms with Crippen molar-refractivity contribution in [1.29, 1.82) is 0 Å². The highest BCUT2D eigenvalue weighted by molar-refractivity contribution is 5.29. The SMILES string of the molecule is CNCC(COC)Oc1ccc(C(C)C)cc1. The molecule has 0 bridgehead atoms. The number of ether oxygens (including phenoxy) is 2. The Morgan fingerprint density at radius 2 is 1.82 bits per heavy atom. The van der Waals surface area contributed by atoms with E-state index in [0.717, 1.165) is 12.3 Å². The van der Waals surface area contributed by atoms with Crippen LogP contribution in [-0.2, 0) is 4.74 Å². The third-order valence-corrected chi connectivity index (χ3v) is 2.63. The lowest BCUT2D eigenvalue weighted by molar-refractivity contribution is 0.0818. The number of methoxy groups -OCH3 is 1. The number of hydrogen-bond acceptors (Lipinski definition) is 3. The largest absolute Gasteiger partial charge is 0.487 e. The molecule has 0 fully saturated rings. The molecule has 3 nitrogen and oxygen atoms in total. The van der Waals surface area contributed by atoms with E-state index in [-0.39, 0.29) is 6.10 Å². The summed E-state index contributed by atoms with van der Waals surface area (Å²) in [6.45, 7) is 5.74. The lowest BCUT2D eigenvalue weighted by Crippen LogP contribution is -2.33. The van der Waals surface area contributed by atoms with Crippen molar-refractivity contribution in [3.8, 4) is 5.75 Å². The topological polar surface area (TPSA) is 30.5 Å². The molecule has 1 rings (SSSR count). The van der Waals surface area contributed by atoms with Crippen LogP contribution in [0.3, 0.4) is 0 Å². The molecule has 1 unspecified atom stereocenters. The molecule has 3 heteroatoms. The Hall–Kier alpha value is -1.06. The molecule has 0 aliphatic heterocycles. The van der Waals surface area contributed by atoms with Gasteiger partial charge in [0.2, 0.25) is 0 Å². The maximum atomic E-state index is 5.84. The second kappa shape index (κ2) is 7.30. The van der Waals surface area contributed by atoms with Gasteiger partial charge in [-0.3, -0.25) is 0 Å². The molecule has 0 amide bonds. The number of hydrogen-bond donors (Lipinski definition) is 1. The number of rotatable bonds is 7. The van der Waals surface area contributed by atoms with Crippen LogP contribution in [0.15, 0.2) is 24.3 Å². The van der Waals surface area contributed by atoms with Crippen molar-refractivity contribution < 1.29 is 9.47 Å². The van der Waals surface area contributed by atoms with Crippen molar-refractivity contribution in [3.05, 3.63) is 29.8 Å². The summed E-state index contributed by atoms with van der Waals surface area (Å²) in [5, 5.41) is 3.10. The van der Waals surface area contributed by atoms with Gasteiger partial charge in [-0.2, -0.15) is 0 Å². The lowest BCUT2D eigenvalue weighted by Gasteiger charge is -2.18. The van der Waals surface area contributed by atoms with Gasteiger partial charge in [-0.1, -0.05) is 26.0 Å². The Kier molecular flexibility index (Phi) is 6.01. The minimum atomic E-state index is 0.0508. The van der Waals surface area contributed by atoms with E-state index in [1.807, 2.05) is 19.2 Å². The summed E-state index contributed by atoms with van der Waals surface area (Å²) in [7, 11) is 3.60. The summed E-state index contributed by atoms with van der Waals surface area (Å²) < 4.78 is 11.0. The van der Waals surface area contributed by atoms with E-state index in [9.17, 15) is 0 Å². The Bertz CT molecular complexity index is 303. The zero-order valence-electron chi connectivity index (χ0n) is 11.2. The average molecular weight is 237 g/mol. The smallest absolute Gasteiger partial charge is 0.134 e. The van der Waals surface area contributed by atoms with Crippen LogP contribution in [0.1, 0.15) is 25.3 Å². The molecule has 0 aliphatic carbocycles. The summed E-state index contributed by atoms with van der Waals surface area (Å²) >= 11 is 0. The zero-order valence-corrected chi connectivity index (χ0v) is 11.2. The number of likely N-dealkylation sites (N-methyl/N-ethyl adjacent to an activating group) is 1. The van der Waals surface area contributed by atoms with Gasteiger partial charge >= 0.3 is 0 Å². The minimum Gasteiger partial charge on any atom is -0.487 e. The summed E-state index contributed by atoms with van der Waals surface area (Å²) in [5.41, 5.74) is 1.33. The highest BCUT2D eigenvalue weighted by Crippen LogP contribution is 2.19. The van der Waals surface area contributed by atoms with Crippen LogP contribution in [0.25, 0.3) is 0 Å². The Labute approximate surface area is 104 Å². The van der Waals surface area contributed by atoms with E-state index in [0.29, 0.717) is 12.5 Å². The molecule has 0 aromatic heterocycles. The van der Waals surface area contributed by atoms with Crippen molar-refractivity contribution in [2.45, 2.75) is 25.9 Å². The van der Waals surface area contributed by atoms with Crippen LogP contribution in [0.2, 0.25) is 0 Å². The first-order valence-electron chi connectivity index (χ1n) is 6.07. The maximum Gasteiger partial charge on any atom is 0.134 e. The predicted molar refractivity (Wildman–Crippen MR) is 70.7 cm³/mol. The normalized spacial score (nSPS) is 12.8. The summed E-state index contributed by atoms with van der Waals surface area (Å²) in [6.07, 6.45) is 0.0508. The first-order valence-corrected chi connectivity index (χ1v) is 6.07. The van der Waals surface area contributed by atoms with Gasteiger partial charge < -0.3 is 14.8 Å². The van der Waals surface area contributed by atoms with Gasteiger partial charge in [-0.25, -0.2) is 0 Å². The molecule has 0 heterocycles. The van der Waals surface area contributed by atoms with Crippen molar-refractivity contribution >= 4 is 0 Å². The molecule has 0 saturated carbocycles. The Morgan fingerprint density at radius 1 is 1.18 bits per heavy atom. The van der Waals surface area contributed by atoms with Gasteiger partial charge in [0.25, 0.3) is 0 Å². The lowest BCUT2D eigenvalue weighted by atomic mass is 10.0. The third-order valence-electron chi connectivity index (χ3n) is 2.63. The molecule has 0 radical (unpaired) electrons. The molecule has 1 N–H and O–H groups in total. The fraction of sp³-hybridized carbons (Fsp3) is 0.571. The summed E-state index contributed by atoms with van der Waals surface area (Å²) in [5.74, 6) is 1.45. The fourth-order valence-electron chi connectivity index (χ4n) is 1.67. The maximum absolute atomic E-state index is 5.84. The highest BCUT2D eigenvalue weighted by atomic mass is 16.5. The molecular formula is C14H23NO2. The average Bonchev–Trinajstić information content (AvgIpc) is 2.30. The van der Waals surface area contributed by atoms with Crippen molar-refractivity contribution in [2.75, 3.05) is 27.3 Å². The van der Waals surface area contributed by atoms with Gasteiger partial charge in [-0.05, 0) is 30.7 Å². The quantitative estimate of drug-likeness (QED) is 0.790. The standard InChI is InChI=1S/C14H23NO2/c1-11(2)12-5-7-13(8-6-12)17-14(9-15-3)10-16-4/h5-8,11,14-15H,9-10H2,1-4H3. The van der Waals surface area contributed by atoms with E-state index in [1.54, 1.807) is 7.11 Å². The Balaban J connectivity index is 2.59. The van der Waals surface area contributed by atoms with Crippen LogP contribution in [0.4, 0.5) is 0 Å². The van der Waals surface area contributed by atoms with Crippen LogP contribution in [0.5, 0.6) is 5.75 Å². The molecule has 1 aromatic rings. The number of nitrogens with one attached hydrogen (secondary N) is 1. The minimum absolute atomic E-state index is 0.0508. The van der Waals surface area contributed by atoms with Crippen LogP contribution >= 0.6 is 0 Å². The Morgan fingerprint density at radius 3 is 2.29 bits per heavy atom. The predicted octanol–water partition coefficient (Wildman–Crippen LogP) is 2.42. The van der Waals surface area contributed by atoms with Crippen molar-refractivity contribution in [2.24, 2.45) is 0 Å². The third kappa shape index (κ3) is 4.75. The summed E-state index contributed by atoms with van der Waals surface area (Å²) in [6, 6.07) is 8.27. The van der Waals surface area contributed by atoms with Gasteiger partial charge in [0.15, 0.2) is 0 Å². The molecule has 17 heavy (non-hydrogen) atoms. The van der Waals surface area contributed by atoms with E-state index in [2.05, 4.69) is 31.3 Å². The molecule has 0 saturated heterocycles. The highest BCUT2D eigenvalue weighted by Gasteiger charge is 2.09. The zero-order chi connectivity index (χ0) is 12.7. The van der Waals surface area contributed by atoms with Gasteiger partial charge in [0.05, 0.1) is 6.61 Å². The molecule has 1 aromatic carbocycles. The molecular weight excluding hydrogens is 214 g/mol. The molecule has 96 valence electrons. The van der Waals surface area contributed by atoms with Gasteiger partial charge in [0, 0.05) is 13.7 Å². The van der Waals surface area contributed by atoms with Crippen LogP contribution < -0.4 is 10.1 Å². The first-order chi connectivity index (χ1) is 8.17. The van der Waals surface area contributed by atoms with E-state index in [4.69, 9.17) is 9.47 Å². The number of benzene rings is 1. The molecule has 1 atom stereocenters. The molecule has 0 aliphatic rings.